The molecule has 8 atom stereocenters. The molecule has 1 fully saturated rings. The fourth-order valence-corrected chi connectivity index (χ4v) is 8.51. The van der Waals surface area contributed by atoms with E-state index in [1.54, 1.807) is 19.9 Å². The number of alkyl halides is 1. The van der Waals surface area contributed by atoms with E-state index in [1.165, 1.54) is 31.2 Å². The maximum Gasteiger partial charge on any atom is 0.490 e. The van der Waals surface area contributed by atoms with Crippen molar-refractivity contribution >= 4 is 57.9 Å². The summed E-state index contributed by atoms with van der Waals surface area (Å²) in [5.74, 6) is -1.21. The summed E-state index contributed by atoms with van der Waals surface area (Å²) in [7, 11) is -16.5. The number of anilines is 1. The molecule has 1 aromatic carbocycles. The number of ether oxygens (including phenoxy) is 2. The first-order chi connectivity index (χ1) is 21.4. The summed E-state index contributed by atoms with van der Waals surface area (Å²) in [4.78, 5) is 44.3. The van der Waals surface area contributed by atoms with Crippen LogP contribution in [0.1, 0.15) is 27.0 Å². The Labute approximate surface area is 264 Å². The maximum atomic E-state index is 15.1. The minimum absolute atomic E-state index is 0.0454. The van der Waals surface area contributed by atoms with Gasteiger partial charge in [-0.3, -0.25) is 13.9 Å². The Morgan fingerprint density at radius 1 is 1.15 bits per heavy atom. The van der Waals surface area contributed by atoms with Crippen molar-refractivity contribution in [3.63, 3.8) is 0 Å². The minimum atomic E-state index is -5.83. The number of nitrogens with two attached hydrogens (primary N) is 1. The van der Waals surface area contributed by atoms with Crippen molar-refractivity contribution in [2.45, 2.75) is 57.5 Å². The van der Waals surface area contributed by atoms with Crippen LogP contribution in [0, 0.1) is 0 Å². The molecule has 0 radical (unpaired) electrons. The molecule has 19 nitrogen and oxygen atoms in total. The lowest BCUT2D eigenvalue weighted by molar-refractivity contribution is -0.149. The van der Waals surface area contributed by atoms with Crippen molar-refractivity contribution in [2.24, 2.45) is 0 Å². The Hall–Kier alpha value is -2.57. The lowest BCUT2D eigenvalue weighted by Gasteiger charge is -2.25. The number of phosphoric ester groups is 1. The number of nitrogens with one attached hydrogen (secondary N) is 1. The summed E-state index contributed by atoms with van der Waals surface area (Å²) in [6.07, 6.45) is -6.84. The second kappa shape index (κ2) is 14.3. The van der Waals surface area contributed by atoms with Crippen LogP contribution in [0.5, 0.6) is 5.75 Å². The Morgan fingerprint density at radius 3 is 2.48 bits per heavy atom. The highest BCUT2D eigenvalue weighted by atomic mass is 35.5. The molecule has 4 rings (SSSR count). The molecule has 1 saturated heterocycles. The average Bonchev–Trinajstić information content (AvgIpc) is 3.46. The second-order valence-electron chi connectivity index (χ2n) is 9.84. The maximum absolute atomic E-state index is 15.1. The lowest BCUT2D eigenvalue weighted by atomic mass is 10.1. The molecule has 0 saturated carbocycles. The van der Waals surface area contributed by atoms with Crippen LogP contribution in [0.15, 0.2) is 36.7 Å². The third-order valence-electron chi connectivity index (χ3n) is 5.83. The molecule has 6 N–H and O–H groups in total. The van der Waals surface area contributed by atoms with Gasteiger partial charge in [0.25, 0.3) is 0 Å². The van der Waals surface area contributed by atoms with Gasteiger partial charge in [-0.2, -0.15) is 23.7 Å². The van der Waals surface area contributed by atoms with E-state index in [1.807, 2.05) is 0 Å². The van der Waals surface area contributed by atoms with Crippen LogP contribution in [0.2, 0.25) is 5.28 Å². The van der Waals surface area contributed by atoms with E-state index in [2.05, 4.69) is 33.2 Å². The first kappa shape index (κ1) is 36.3. The topological polar surface area (TPSA) is 266 Å². The Morgan fingerprint density at radius 2 is 1.83 bits per heavy atom. The van der Waals surface area contributed by atoms with Crippen molar-refractivity contribution in [1.29, 1.82) is 0 Å². The van der Waals surface area contributed by atoms with Gasteiger partial charge in [0.15, 0.2) is 23.9 Å². The summed E-state index contributed by atoms with van der Waals surface area (Å²) in [5.41, 5.74) is 5.75. The predicted octanol–water partition coefficient (Wildman–Crippen LogP) is 3.03. The van der Waals surface area contributed by atoms with Crippen molar-refractivity contribution < 1.29 is 64.9 Å². The van der Waals surface area contributed by atoms with Crippen LogP contribution < -0.4 is 15.3 Å². The van der Waals surface area contributed by atoms with Gasteiger partial charge in [-0.1, -0.05) is 18.2 Å². The summed E-state index contributed by atoms with van der Waals surface area (Å²) < 4.78 is 84.2. The molecular weight excluding hydrogens is 704 g/mol. The zero-order valence-corrected chi connectivity index (χ0v) is 27.5. The number of para-hydroxylation sites is 1. The Kier molecular flexibility index (Phi) is 11.3. The van der Waals surface area contributed by atoms with E-state index in [0.717, 1.165) is 10.9 Å². The van der Waals surface area contributed by atoms with E-state index in [9.17, 15) is 33.4 Å². The van der Waals surface area contributed by atoms with Gasteiger partial charge in [-0.15, -0.1) is 0 Å². The highest BCUT2D eigenvalue weighted by Crippen LogP contribution is 2.67. The number of nitrogen functional groups attached to an aromatic ring is 1. The van der Waals surface area contributed by atoms with Gasteiger partial charge in [0, 0.05) is 0 Å². The minimum Gasteiger partial charge on any atom is -0.462 e. The summed E-state index contributed by atoms with van der Waals surface area (Å²) >= 11 is 5.82. The van der Waals surface area contributed by atoms with Crippen LogP contribution in [0.4, 0.5) is 10.2 Å². The van der Waals surface area contributed by atoms with Crippen LogP contribution >= 0.6 is 35.0 Å². The standard InChI is InChI=1S/C22H29ClFN6O13P3/c1-11(2)39-21(32)12(3)29-44(33,41-13-7-5-4-6-8-13)42-46(36,37)43-45(34,35)38-9-14-17(31)15(24)20(40-14)30-10-26-16-18(25)27-22(23)28-19(16)30/h4-8,10-12,14-15,17,20,31H,9H2,1-3H3,(H,29,33)(H,34,35)(H,36,37)(H2,25,27,28)/t12-,14+,15+,17?,20+,44?/m0/s1. The summed E-state index contributed by atoms with van der Waals surface area (Å²) in [6, 6.07) is 5.63. The number of hydrogen-bond donors (Lipinski definition) is 5. The van der Waals surface area contributed by atoms with E-state index in [4.69, 9.17) is 31.3 Å². The number of nitrogens with zero attached hydrogens (tertiary/aromatic N) is 4. The number of benzene rings is 1. The molecule has 254 valence electrons. The number of carbonyl (C=O) groups is 1. The van der Waals surface area contributed by atoms with Crippen molar-refractivity contribution in [2.75, 3.05) is 12.3 Å². The molecule has 3 heterocycles. The Bertz CT molecular complexity index is 1700. The molecular formula is C22H29ClFN6O13P3. The van der Waals surface area contributed by atoms with Gasteiger partial charge in [-0.25, -0.2) is 23.1 Å². The van der Waals surface area contributed by atoms with Crippen molar-refractivity contribution in [1.82, 2.24) is 24.6 Å². The van der Waals surface area contributed by atoms with Gasteiger partial charge in [-0.05, 0) is 44.5 Å². The highest BCUT2D eigenvalue weighted by molar-refractivity contribution is 7.68. The Balaban J connectivity index is 1.44. The molecule has 46 heavy (non-hydrogen) atoms. The van der Waals surface area contributed by atoms with Gasteiger partial charge in [0.05, 0.1) is 19.0 Å². The number of aliphatic hydroxyl groups excluding tert-OH is 1. The number of imidazole rings is 1. The molecule has 0 aliphatic carbocycles. The zero-order chi connectivity index (χ0) is 34.0. The molecule has 2 aromatic heterocycles. The number of halogens is 2. The molecule has 0 amide bonds. The van der Waals surface area contributed by atoms with Gasteiger partial charge in [0.2, 0.25) is 5.28 Å². The normalized spacial score (nSPS) is 24.6. The number of rotatable bonds is 14. The first-order valence-electron chi connectivity index (χ1n) is 13.1. The van der Waals surface area contributed by atoms with Crippen LogP contribution in [-0.2, 0) is 41.1 Å². The first-order valence-corrected chi connectivity index (χ1v) is 18.0. The number of fused-ring (bicyclic) bond motifs is 1. The number of aliphatic hydroxyl groups is 1. The summed E-state index contributed by atoms with van der Waals surface area (Å²) in [5, 5.41) is 12.2. The molecule has 0 bridgehead atoms. The van der Waals surface area contributed by atoms with E-state index >= 15 is 4.39 Å². The van der Waals surface area contributed by atoms with Gasteiger partial charge in [0.1, 0.15) is 29.5 Å². The monoisotopic (exact) mass is 732 g/mol. The van der Waals surface area contributed by atoms with Gasteiger partial charge >= 0.3 is 29.4 Å². The third kappa shape index (κ3) is 9.07. The largest absolute Gasteiger partial charge is 0.490 e. The molecule has 24 heteroatoms. The number of carbonyl (C=O) groups excluding carboxylic acids is 1. The molecule has 0 spiro atoms. The number of hydrogen-bond acceptors (Lipinski definition) is 15. The smallest absolute Gasteiger partial charge is 0.462 e. The van der Waals surface area contributed by atoms with E-state index in [0.29, 0.717) is 0 Å². The number of aromatic nitrogens is 4. The zero-order valence-electron chi connectivity index (χ0n) is 24.0. The molecule has 3 aromatic rings. The lowest BCUT2D eigenvalue weighted by Crippen LogP contribution is -2.36. The average molecular weight is 733 g/mol. The number of esters is 1. The molecule has 4 unspecified atom stereocenters. The van der Waals surface area contributed by atoms with Crippen LogP contribution in [0.3, 0.4) is 0 Å². The van der Waals surface area contributed by atoms with Crippen molar-refractivity contribution in [3.8, 4) is 5.75 Å². The quantitative estimate of drug-likeness (QED) is 0.0905. The SMILES string of the molecule is CC(C)OC(=O)[C@H](C)NP(=O)(Oc1ccccc1)OP(=O)(O)OP(=O)(O)OC[C@H]1O[C@@H](n2cnc3c(N)nc(Cl)nc32)[C@H](F)C1O. The van der Waals surface area contributed by atoms with E-state index < -0.39 is 72.7 Å². The third-order valence-corrected chi connectivity index (χ3v) is 11.0. The molecule has 1 aliphatic rings. The summed E-state index contributed by atoms with van der Waals surface area (Å²) in [6.45, 7) is 3.20. The predicted molar refractivity (Wildman–Crippen MR) is 156 cm³/mol. The molecule has 1 aliphatic heterocycles. The fraction of sp³-hybridized carbons (Fsp3) is 0.455. The number of phosphoric acid groups is 2. The van der Waals surface area contributed by atoms with Gasteiger partial charge < -0.3 is 34.6 Å². The van der Waals surface area contributed by atoms with Crippen LogP contribution in [-0.4, -0.2) is 77.5 Å². The van der Waals surface area contributed by atoms with E-state index in [-0.39, 0.29) is 28.0 Å². The van der Waals surface area contributed by atoms with Crippen LogP contribution in [0.25, 0.3) is 11.2 Å². The fourth-order valence-electron chi connectivity index (χ4n) is 3.95. The highest BCUT2D eigenvalue weighted by Gasteiger charge is 2.49. The second-order valence-corrected chi connectivity index (χ2v) is 15.0. The van der Waals surface area contributed by atoms with Crippen molar-refractivity contribution in [3.05, 3.63) is 41.9 Å².